The molecule has 0 saturated heterocycles. The maximum Gasteiger partial charge on any atom is 0.187 e. The van der Waals surface area contributed by atoms with E-state index in [4.69, 9.17) is 11.3 Å². The van der Waals surface area contributed by atoms with Gasteiger partial charge in [-0.2, -0.15) is 0 Å². The minimum atomic E-state index is -0.746. The van der Waals surface area contributed by atoms with Gasteiger partial charge in [0.2, 0.25) is 0 Å². The molecule has 1 atom stereocenters. The topological polar surface area (TPSA) is 30.7 Å². The van der Waals surface area contributed by atoms with E-state index in [0.717, 1.165) is 23.0 Å². The SMILES string of the molecule is [C-]#[N+]c1ccc2c(c1)COC2(CCC=O)c1ccc(F)cc1. The smallest absolute Gasteiger partial charge is 0.187 e. The van der Waals surface area contributed by atoms with Gasteiger partial charge in [0, 0.05) is 6.42 Å². The zero-order valence-electron chi connectivity index (χ0n) is 11.9. The van der Waals surface area contributed by atoms with Crippen LogP contribution in [0.3, 0.4) is 0 Å². The Morgan fingerprint density at radius 3 is 2.73 bits per heavy atom. The molecular formula is C18H14FNO2. The zero-order valence-corrected chi connectivity index (χ0v) is 11.9. The molecule has 0 radical (unpaired) electrons. The summed E-state index contributed by atoms with van der Waals surface area (Å²) in [6.07, 6.45) is 1.70. The third-order valence-electron chi connectivity index (χ3n) is 4.05. The Morgan fingerprint density at radius 1 is 1.27 bits per heavy atom. The van der Waals surface area contributed by atoms with Gasteiger partial charge in [-0.15, -0.1) is 0 Å². The molecule has 4 heteroatoms. The summed E-state index contributed by atoms with van der Waals surface area (Å²) >= 11 is 0. The predicted molar refractivity (Wildman–Crippen MR) is 80.0 cm³/mol. The molecule has 0 spiro atoms. The lowest BCUT2D eigenvalue weighted by Gasteiger charge is -2.30. The molecule has 22 heavy (non-hydrogen) atoms. The summed E-state index contributed by atoms with van der Waals surface area (Å²) < 4.78 is 19.3. The molecule has 1 heterocycles. The number of benzene rings is 2. The second-order valence-corrected chi connectivity index (χ2v) is 5.28. The molecule has 0 amide bonds. The number of ether oxygens (including phenoxy) is 1. The number of halogens is 1. The van der Waals surface area contributed by atoms with Crippen molar-refractivity contribution >= 4 is 12.0 Å². The van der Waals surface area contributed by atoms with Gasteiger partial charge in [0.25, 0.3) is 0 Å². The molecule has 0 aromatic heterocycles. The van der Waals surface area contributed by atoms with Gasteiger partial charge >= 0.3 is 0 Å². The van der Waals surface area contributed by atoms with Gasteiger partial charge < -0.3 is 9.53 Å². The Balaban J connectivity index is 2.12. The number of hydrogen-bond acceptors (Lipinski definition) is 2. The molecule has 0 fully saturated rings. The van der Waals surface area contributed by atoms with E-state index in [9.17, 15) is 9.18 Å². The summed E-state index contributed by atoms with van der Waals surface area (Å²) in [6, 6.07) is 11.6. The second-order valence-electron chi connectivity index (χ2n) is 5.28. The van der Waals surface area contributed by atoms with Crippen LogP contribution in [0.4, 0.5) is 10.1 Å². The van der Waals surface area contributed by atoms with Crippen LogP contribution in [0.5, 0.6) is 0 Å². The molecular weight excluding hydrogens is 281 g/mol. The third-order valence-corrected chi connectivity index (χ3v) is 4.05. The van der Waals surface area contributed by atoms with Crippen molar-refractivity contribution in [1.82, 2.24) is 0 Å². The fraction of sp³-hybridized carbons (Fsp3) is 0.222. The standard InChI is InChI=1S/C18H14FNO2/c1-20-16-7-8-17-13(11-16)12-22-18(17,9-2-10-21)14-3-5-15(19)6-4-14/h3-8,10-11H,2,9,12H2. The summed E-state index contributed by atoms with van der Waals surface area (Å²) in [7, 11) is 0. The normalized spacial score (nSPS) is 19.5. The summed E-state index contributed by atoms with van der Waals surface area (Å²) in [4.78, 5) is 14.3. The van der Waals surface area contributed by atoms with Gasteiger partial charge in [-0.1, -0.05) is 30.3 Å². The molecule has 0 bridgehead atoms. The quantitative estimate of drug-likeness (QED) is 0.627. The van der Waals surface area contributed by atoms with Crippen molar-refractivity contribution in [1.29, 1.82) is 0 Å². The highest BCUT2D eigenvalue weighted by Crippen LogP contribution is 2.46. The van der Waals surface area contributed by atoms with Crippen LogP contribution in [0.25, 0.3) is 4.85 Å². The molecule has 3 nitrogen and oxygen atoms in total. The maximum atomic E-state index is 13.2. The summed E-state index contributed by atoms with van der Waals surface area (Å²) in [5.74, 6) is -0.309. The first kappa shape index (κ1) is 14.4. The summed E-state index contributed by atoms with van der Waals surface area (Å²) in [5.41, 5.74) is 2.54. The zero-order chi connectivity index (χ0) is 15.6. The summed E-state index contributed by atoms with van der Waals surface area (Å²) in [5, 5.41) is 0. The molecule has 2 aromatic carbocycles. The lowest BCUT2D eigenvalue weighted by Crippen LogP contribution is -2.27. The van der Waals surface area contributed by atoms with Crippen LogP contribution < -0.4 is 0 Å². The monoisotopic (exact) mass is 295 g/mol. The van der Waals surface area contributed by atoms with Crippen LogP contribution >= 0.6 is 0 Å². The van der Waals surface area contributed by atoms with Crippen LogP contribution in [0.2, 0.25) is 0 Å². The van der Waals surface area contributed by atoms with E-state index in [0.29, 0.717) is 25.1 Å². The van der Waals surface area contributed by atoms with Crippen molar-refractivity contribution in [3.05, 3.63) is 76.4 Å². The lowest BCUT2D eigenvalue weighted by molar-refractivity contribution is -0.109. The molecule has 1 unspecified atom stereocenters. The van der Waals surface area contributed by atoms with Crippen LogP contribution in [0, 0.1) is 12.4 Å². The van der Waals surface area contributed by atoms with Crippen molar-refractivity contribution in [3.63, 3.8) is 0 Å². The molecule has 110 valence electrons. The minimum Gasteiger partial charge on any atom is -0.361 e. The van der Waals surface area contributed by atoms with Crippen LogP contribution in [0.1, 0.15) is 29.5 Å². The molecule has 1 aliphatic heterocycles. The number of rotatable bonds is 4. The van der Waals surface area contributed by atoms with E-state index < -0.39 is 5.60 Å². The van der Waals surface area contributed by atoms with Gasteiger partial charge in [-0.3, -0.25) is 0 Å². The van der Waals surface area contributed by atoms with Crippen molar-refractivity contribution in [3.8, 4) is 0 Å². The number of fused-ring (bicyclic) bond motifs is 1. The van der Waals surface area contributed by atoms with Gasteiger partial charge in [-0.05, 0) is 35.2 Å². The first-order valence-corrected chi connectivity index (χ1v) is 7.04. The van der Waals surface area contributed by atoms with E-state index in [1.807, 2.05) is 12.1 Å². The van der Waals surface area contributed by atoms with Gasteiger partial charge in [0.05, 0.1) is 13.2 Å². The maximum absolute atomic E-state index is 13.2. The van der Waals surface area contributed by atoms with Crippen molar-refractivity contribution in [2.24, 2.45) is 0 Å². The van der Waals surface area contributed by atoms with Crippen molar-refractivity contribution in [2.75, 3.05) is 0 Å². The lowest BCUT2D eigenvalue weighted by atomic mass is 9.82. The molecule has 2 aromatic rings. The van der Waals surface area contributed by atoms with Gasteiger partial charge in [-0.25, -0.2) is 9.24 Å². The summed E-state index contributed by atoms with van der Waals surface area (Å²) in [6.45, 7) is 7.48. The Morgan fingerprint density at radius 2 is 2.05 bits per heavy atom. The van der Waals surface area contributed by atoms with Crippen LogP contribution in [-0.4, -0.2) is 6.29 Å². The van der Waals surface area contributed by atoms with E-state index in [2.05, 4.69) is 4.85 Å². The second kappa shape index (κ2) is 5.70. The van der Waals surface area contributed by atoms with Crippen LogP contribution in [0.15, 0.2) is 42.5 Å². The highest BCUT2D eigenvalue weighted by atomic mass is 19.1. The molecule has 0 N–H and O–H groups in total. The Labute approximate surface area is 128 Å². The number of nitrogens with zero attached hydrogens (tertiary/aromatic N) is 1. The number of carbonyl (C=O) groups excluding carboxylic acids is 1. The van der Waals surface area contributed by atoms with Crippen molar-refractivity contribution < 1.29 is 13.9 Å². The number of aldehydes is 1. The predicted octanol–water partition coefficient (Wildman–Crippen LogP) is 4.13. The Hall–Kier alpha value is -2.51. The molecule has 0 saturated carbocycles. The van der Waals surface area contributed by atoms with E-state index in [1.165, 1.54) is 12.1 Å². The van der Waals surface area contributed by atoms with E-state index >= 15 is 0 Å². The van der Waals surface area contributed by atoms with E-state index in [-0.39, 0.29) is 5.82 Å². The van der Waals surface area contributed by atoms with Crippen molar-refractivity contribution in [2.45, 2.75) is 25.0 Å². The number of carbonyl (C=O) groups is 1. The van der Waals surface area contributed by atoms with Gasteiger partial charge in [0.15, 0.2) is 5.69 Å². The Kier molecular flexibility index (Phi) is 3.74. The Bertz CT molecular complexity index is 749. The van der Waals surface area contributed by atoms with Gasteiger partial charge in [0.1, 0.15) is 17.7 Å². The molecule has 3 rings (SSSR count). The average Bonchev–Trinajstić information content (AvgIpc) is 2.92. The largest absolute Gasteiger partial charge is 0.361 e. The fourth-order valence-electron chi connectivity index (χ4n) is 3.01. The highest BCUT2D eigenvalue weighted by Gasteiger charge is 2.41. The van der Waals surface area contributed by atoms with E-state index in [1.54, 1.807) is 18.2 Å². The van der Waals surface area contributed by atoms with Crippen LogP contribution in [-0.2, 0) is 21.7 Å². The molecule has 0 aliphatic carbocycles. The molecule has 1 aliphatic rings. The minimum absolute atomic E-state index is 0.309. The third kappa shape index (κ3) is 2.30. The average molecular weight is 295 g/mol. The fourth-order valence-corrected chi connectivity index (χ4v) is 3.01. The first-order valence-electron chi connectivity index (χ1n) is 7.04. The highest BCUT2D eigenvalue weighted by molar-refractivity contribution is 5.56. The number of hydrogen-bond donors (Lipinski definition) is 0. The first-order chi connectivity index (χ1) is 10.7.